The van der Waals surface area contributed by atoms with E-state index in [2.05, 4.69) is 10.2 Å². The number of amides is 2. The first-order chi connectivity index (χ1) is 13.7. The van der Waals surface area contributed by atoms with Crippen LogP contribution in [0.3, 0.4) is 0 Å². The molecule has 29 heavy (non-hydrogen) atoms. The molecule has 0 unspecified atom stereocenters. The first-order valence-electron chi connectivity index (χ1n) is 9.63. The fraction of sp³-hybridized carbons (Fsp3) is 0.364. The Balaban J connectivity index is 1.65. The van der Waals surface area contributed by atoms with Gasteiger partial charge in [-0.15, -0.1) is 0 Å². The van der Waals surface area contributed by atoms with Gasteiger partial charge >= 0.3 is 0 Å². The highest BCUT2D eigenvalue weighted by atomic mass is 35.5. The van der Waals surface area contributed by atoms with Gasteiger partial charge in [-0.2, -0.15) is 0 Å². The summed E-state index contributed by atoms with van der Waals surface area (Å²) >= 11 is 5.89. The highest BCUT2D eigenvalue weighted by Crippen LogP contribution is 2.24. The lowest BCUT2D eigenvalue weighted by atomic mass is 10.1. The first-order valence-corrected chi connectivity index (χ1v) is 10.0. The van der Waals surface area contributed by atoms with Crippen LogP contribution in [0.5, 0.6) is 5.75 Å². The van der Waals surface area contributed by atoms with Crippen molar-refractivity contribution in [1.82, 2.24) is 4.90 Å². The third-order valence-corrected chi connectivity index (χ3v) is 5.25. The molecule has 1 atom stereocenters. The van der Waals surface area contributed by atoms with Gasteiger partial charge in [-0.3, -0.25) is 14.5 Å². The summed E-state index contributed by atoms with van der Waals surface area (Å²) in [4.78, 5) is 26.4. The van der Waals surface area contributed by atoms with E-state index < -0.39 is 5.60 Å². The van der Waals surface area contributed by atoms with Gasteiger partial charge in [0.1, 0.15) is 5.75 Å². The minimum Gasteiger partial charge on any atom is -0.478 e. The number of ether oxygens (including phenoxy) is 1. The predicted octanol–water partition coefficient (Wildman–Crippen LogP) is 3.59. The molecule has 0 saturated carbocycles. The number of halogens is 1. The Bertz CT molecular complexity index is 883. The molecule has 2 aromatic rings. The predicted molar refractivity (Wildman–Crippen MR) is 114 cm³/mol. The normalized spacial score (nSPS) is 17.1. The molecule has 1 heterocycles. The molecule has 6 nitrogen and oxygen atoms in total. The maximum absolute atomic E-state index is 12.8. The smallest absolute Gasteiger partial charge is 0.267 e. The van der Waals surface area contributed by atoms with Crippen molar-refractivity contribution in [3.8, 4) is 5.75 Å². The molecule has 1 fully saturated rings. The summed E-state index contributed by atoms with van der Waals surface area (Å²) in [5, 5.41) is 3.52. The standard InChI is InChI=1S/C22H26ClN3O3/c1-22(2,29-18-10-8-16(23)9-11-18)21(28)25-17-6-3-5-15(13-17)14-26-12-4-7-19(26)20(24)27/h3,5-6,8-11,13,19H,4,7,12,14H2,1-2H3,(H2,24,27)(H,25,28)/t19-/m1/s1. The van der Waals surface area contributed by atoms with E-state index >= 15 is 0 Å². The van der Waals surface area contributed by atoms with Crippen molar-refractivity contribution >= 4 is 29.1 Å². The fourth-order valence-electron chi connectivity index (χ4n) is 3.44. The van der Waals surface area contributed by atoms with Crippen molar-refractivity contribution in [3.05, 3.63) is 59.1 Å². The van der Waals surface area contributed by atoms with Crippen LogP contribution < -0.4 is 15.8 Å². The van der Waals surface area contributed by atoms with Crippen LogP contribution in [0.2, 0.25) is 5.02 Å². The van der Waals surface area contributed by atoms with E-state index in [1.54, 1.807) is 38.1 Å². The van der Waals surface area contributed by atoms with Crippen LogP contribution in [0.25, 0.3) is 0 Å². The molecule has 3 N–H and O–H groups in total. The molecular weight excluding hydrogens is 390 g/mol. The summed E-state index contributed by atoms with van der Waals surface area (Å²) in [5.41, 5.74) is 6.11. The van der Waals surface area contributed by atoms with Crippen LogP contribution in [0.15, 0.2) is 48.5 Å². The van der Waals surface area contributed by atoms with Crippen LogP contribution in [0.1, 0.15) is 32.3 Å². The van der Waals surface area contributed by atoms with Crippen LogP contribution in [-0.4, -0.2) is 34.9 Å². The molecule has 0 spiro atoms. The Morgan fingerprint density at radius 1 is 1.24 bits per heavy atom. The average molecular weight is 416 g/mol. The molecule has 7 heteroatoms. The van der Waals surface area contributed by atoms with E-state index in [9.17, 15) is 9.59 Å². The molecule has 1 saturated heterocycles. The number of hydrogen-bond acceptors (Lipinski definition) is 4. The largest absolute Gasteiger partial charge is 0.478 e. The lowest BCUT2D eigenvalue weighted by Gasteiger charge is -2.26. The molecule has 1 aliphatic heterocycles. The Hall–Kier alpha value is -2.57. The fourth-order valence-corrected chi connectivity index (χ4v) is 3.57. The summed E-state index contributed by atoms with van der Waals surface area (Å²) in [6, 6.07) is 14.3. The average Bonchev–Trinajstić information content (AvgIpc) is 3.12. The zero-order chi connectivity index (χ0) is 21.0. The Morgan fingerprint density at radius 2 is 1.97 bits per heavy atom. The second-order valence-electron chi connectivity index (χ2n) is 7.75. The second-order valence-corrected chi connectivity index (χ2v) is 8.19. The van der Waals surface area contributed by atoms with Crippen LogP contribution in [-0.2, 0) is 16.1 Å². The first kappa shape index (κ1) is 21.1. The number of likely N-dealkylation sites (tertiary alicyclic amines) is 1. The van der Waals surface area contributed by atoms with E-state index in [1.165, 1.54) is 0 Å². The van der Waals surface area contributed by atoms with Crippen LogP contribution in [0.4, 0.5) is 5.69 Å². The van der Waals surface area contributed by atoms with Gasteiger partial charge < -0.3 is 15.8 Å². The molecule has 154 valence electrons. The maximum atomic E-state index is 12.8. The van der Waals surface area contributed by atoms with Crippen molar-refractivity contribution in [2.75, 3.05) is 11.9 Å². The van der Waals surface area contributed by atoms with Crippen LogP contribution >= 0.6 is 11.6 Å². The Morgan fingerprint density at radius 3 is 2.66 bits per heavy atom. The number of anilines is 1. The van der Waals surface area contributed by atoms with Crippen molar-refractivity contribution in [2.24, 2.45) is 5.73 Å². The lowest BCUT2D eigenvalue weighted by molar-refractivity contribution is -0.128. The zero-order valence-corrected chi connectivity index (χ0v) is 17.4. The van der Waals surface area contributed by atoms with Gasteiger partial charge in [0.15, 0.2) is 5.60 Å². The number of hydrogen-bond donors (Lipinski definition) is 2. The van der Waals surface area contributed by atoms with Gasteiger partial charge in [-0.25, -0.2) is 0 Å². The van der Waals surface area contributed by atoms with Gasteiger partial charge in [0.2, 0.25) is 5.91 Å². The second kappa shape index (κ2) is 8.84. The summed E-state index contributed by atoms with van der Waals surface area (Å²) in [5.74, 6) is 0.0173. The summed E-state index contributed by atoms with van der Waals surface area (Å²) < 4.78 is 5.84. The number of nitrogens with two attached hydrogens (primary N) is 1. The molecule has 0 aliphatic carbocycles. The van der Waals surface area contributed by atoms with Gasteiger partial charge in [0.25, 0.3) is 5.91 Å². The van der Waals surface area contributed by atoms with E-state index in [1.807, 2.05) is 24.3 Å². The number of rotatable bonds is 7. The Kier molecular flexibility index (Phi) is 6.45. The SMILES string of the molecule is CC(C)(Oc1ccc(Cl)cc1)C(=O)Nc1cccc(CN2CCC[C@@H]2C(N)=O)c1. The lowest BCUT2D eigenvalue weighted by Crippen LogP contribution is -2.42. The topological polar surface area (TPSA) is 84.7 Å². The number of nitrogens with zero attached hydrogens (tertiary/aromatic N) is 1. The van der Waals surface area contributed by atoms with Gasteiger partial charge in [0, 0.05) is 17.3 Å². The highest BCUT2D eigenvalue weighted by molar-refractivity contribution is 6.30. The Labute approximate surface area is 176 Å². The third kappa shape index (κ3) is 5.49. The monoisotopic (exact) mass is 415 g/mol. The van der Waals surface area contributed by atoms with Crippen molar-refractivity contribution in [2.45, 2.75) is 44.9 Å². The van der Waals surface area contributed by atoms with Crippen molar-refractivity contribution < 1.29 is 14.3 Å². The van der Waals surface area contributed by atoms with Crippen molar-refractivity contribution in [3.63, 3.8) is 0 Å². The maximum Gasteiger partial charge on any atom is 0.267 e. The molecule has 2 aromatic carbocycles. The number of carbonyl (C=O) groups excluding carboxylic acids is 2. The minimum atomic E-state index is -1.07. The molecule has 2 amide bonds. The van der Waals surface area contributed by atoms with E-state index in [0.29, 0.717) is 23.0 Å². The quantitative estimate of drug-likeness (QED) is 0.723. The highest BCUT2D eigenvalue weighted by Gasteiger charge is 2.31. The molecular formula is C22H26ClN3O3. The number of carbonyl (C=O) groups is 2. The summed E-state index contributed by atoms with van der Waals surface area (Å²) in [7, 11) is 0. The molecule has 0 radical (unpaired) electrons. The summed E-state index contributed by atoms with van der Waals surface area (Å²) in [6.45, 7) is 4.87. The third-order valence-electron chi connectivity index (χ3n) is 5.00. The van der Waals surface area contributed by atoms with E-state index in [-0.39, 0.29) is 17.9 Å². The van der Waals surface area contributed by atoms with Gasteiger partial charge in [-0.05, 0) is 75.2 Å². The zero-order valence-electron chi connectivity index (χ0n) is 16.7. The molecule has 0 aromatic heterocycles. The number of benzene rings is 2. The minimum absolute atomic E-state index is 0.222. The van der Waals surface area contributed by atoms with Crippen LogP contribution in [0, 0.1) is 0 Å². The van der Waals surface area contributed by atoms with E-state index in [4.69, 9.17) is 22.1 Å². The molecule has 3 rings (SSSR count). The molecule has 1 aliphatic rings. The van der Waals surface area contributed by atoms with Gasteiger partial charge in [0.05, 0.1) is 6.04 Å². The molecule has 0 bridgehead atoms. The number of nitrogens with one attached hydrogen (secondary N) is 1. The summed E-state index contributed by atoms with van der Waals surface area (Å²) in [6.07, 6.45) is 1.75. The number of primary amides is 1. The van der Waals surface area contributed by atoms with E-state index in [0.717, 1.165) is 24.9 Å². The van der Waals surface area contributed by atoms with Crippen molar-refractivity contribution in [1.29, 1.82) is 0 Å². The van der Waals surface area contributed by atoms with Gasteiger partial charge in [-0.1, -0.05) is 23.7 Å².